The summed E-state index contributed by atoms with van der Waals surface area (Å²) in [5, 5.41) is 14.2. The highest BCUT2D eigenvalue weighted by Gasteiger charge is 2.29. The number of benzene rings is 2. The number of ether oxygens (including phenoxy) is 1. The first-order valence-corrected chi connectivity index (χ1v) is 11.5. The number of rotatable bonds is 9. The Bertz CT molecular complexity index is 919. The van der Waals surface area contributed by atoms with Crippen molar-refractivity contribution in [3.8, 4) is 11.1 Å². The molecule has 2 aromatic rings. The van der Waals surface area contributed by atoms with E-state index in [1.54, 1.807) is 0 Å². The number of aliphatic carboxylic acids is 1. The van der Waals surface area contributed by atoms with Crippen LogP contribution in [0, 0.1) is 0 Å². The van der Waals surface area contributed by atoms with Gasteiger partial charge in [-0.05, 0) is 47.6 Å². The van der Waals surface area contributed by atoms with Gasteiger partial charge in [0.1, 0.15) is 18.7 Å². The van der Waals surface area contributed by atoms with Crippen molar-refractivity contribution in [2.75, 3.05) is 18.6 Å². The van der Waals surface area contributed by atoms with Crippen LogP contribution in [0.4, 0.5) is 4.79 Å². The van der Waals surface area contributed by atoms with Crippen LogP contribution >= 0.6 is 11.8 Å². The summed E-state index contributed by atoms with van der Waals surface area (Å²) in [6, 6.07) is 14.1. The molecule has 2 atom stereocenters. The molecule has 0 saturated carbocycles. The number of nitrogens with one attached hydrogen (secondary N) is 2. The number of carboxylic acid groups (broad SMARTS) is 1. The predicted molar refractivity (Wildman–Crippen MR) is 120 cm³/mol. The van der Waals surface area contributed by atoms with Crippen molar-refractivity contribution in [3.63, 3.8) is 0 Å². The fourth-order valence-corrected chi connectivity index (χ4v) is 4.14. The van der Waals surface area contributed by atoms with Crippen molar-refractivity contribution in [3.05, 3.63) is 59.7 Å². The number of amides is 2. The Morgan fingerprint density at radius 2 is 1.61 bits per heavy atom. The normalized spacial score (nSPS) is 14.1. The predicted octanol–water partition coefficient (Wildman–Crippen LogP) is 3.24. The summed E-state index contributed by atoms with van der Waals surface area (Å²) in [6.45, 7) is 1.63. The Kier molecular flexibility index (Phi) is 7.57. The fourth-order valence-electron chi connectivity index (χ4n) is 3.67. The molecule has 3 rings (SSSR count). The van der Waals surface area contributed by atoms with E-state index in [0.717, 1.165) is 22.3 Å². The van der Waals surface area contributed by atoms with E-state index in [4.69, 9.17) is 4.74 Å². The monoisotopic (exact) mass is 442 g/mol. The van der Waals surface area contributed by atoms with E-state index in [9.17, 15) is 19.5 Å². The van der Waals surface area contributed by atoms with Gasteiger partial charge in [-0.15, -0.1) is 0 Å². The highest BCUT2D eigenvalue weighted by molar-refractivity contribution is 7.98. The van der Waals surface area contributed by atoms with Gasteiger partial charge < -0.3 is 20.5 Å². The molecular weight excluding hydrogens is 416 g/mol. The van der Waals surface area contributed by atoms with E-state index in [1.807, 2.05) is 42.7 Å². The summed E-state index contributed by atoms with van der Waals surface area (Å²) in [5.74, 6) is -1.14. The highest BCUT2D eigenvalue weighted by atomic mass is 32.2. The van der Waals surface area contributed by atoms with Crippen LogP contribution in [-0.2, 0) is 14.3 Å². The van der Waals surface area contributed by atoms with E-state index in [2.05, 4.69) is 22.8 Å². The number of carboxylic acids is 1. The zero-order chi connectivity index (χ0) is 22.4. The minimum absolute atomic E-state index is 0.0785. The Labute approximate surface area is 185 Å². The molecule has 0 fully saturated rings. The molecule has 31 heavy (non-hydrogen) atoms. The van der Waals surface area contributed by atoms with Crippen LogP contribution in [0.15, 0.2) is 48.5 Å². The van der Waals surface area contributed by atoms with Crippen LogP contribution in [-0.4, -0.2) is 53.8 Å². The molecule has 1 unspecified atom stereocenters. The van der Waals surface area contributed by atoms with E-state index in [1.165, 1.54) is 18.7 Å². The van der Waals surface area contributed by atoms with Gasteiger partial charge >= 0.3 is 12.1 Å². The molecular formula is C23H26N2O5S. The number of thioether (sulfide) groups is 1. The number of alkyl carbamates (subject to hydrolysis) is 1. The minimum atomic E-state index is -1.10. The maximum absolute atomic E-state index is 12.3. The number of hydrogen-bond acceptors (Lipinski definition) is 5. The molecule has 3 N–H and O–H groups in total. The lowest BCUT2D eigenvalue weighted by Gasteiger charge is -2.19. The van der Waals surface area contributed by atoms with Crippen molar-refractivity contribution in [1.29, 1.82) is 0 Å². The van der Waals surface area contributed by atoms with Crippen LogP contribution in [0.25, 0.3) is 11.1 Å². The summed E-state index contributed by atoms with van der Waals surface area (Å²) in [6.07, 6.45) is 1.45. The summed E-state index contributed by atoms with van der Waals surface area (Å²) in [5.41, 5.74) is 4.45. The molecule has 1 aliphatic carbocycles. The lowest BCUT2D eigenvalue weighted by molar-refractivity contribution is -0.142. The fraction of sp³-hybridized carbons (Fsp3) is 0.348. The average molecular weight is 443 g/mol. The first-order valence-electron chi connectivity index (χ1n) is 10.1. The van der Waals surface area contributed by atoms with Gasteiger partial charge in [0.05, 0.1) is 0 Å². The second kappa shape index (κ2) is 10.3. The number of carbonyl (C=O) groups is 3. The number of hydrogen-bond donors (Lipinski definition) is 3. The van der Waals surface area contributed by atoms with Gasteiger partial charge in [0, 0.05) is 5.92 Å². The molecule has 0 aliphatic heterocycles. The summed E-state index contributed by atoms with van der Waals surface area (Å²) < 4.78 is 5.43. The van der Waals surface area contributed by atoms with Crippen LogP contribution < -0.4 is 10.6 Å². The quantitative estimate of drug-likeness (QED) is 0.551. The molecule has 2 aromatic carbocycles. The van der Waals surface area contributed by atoms with Crippen molar-refractivity contribution < 1.29 is 24.2 Å². The van der Waals surface area contributed by atoms with Crippen molar-refractivity contribution in [2.24, 2.45) is 0 Å². The largest absolute Gasteiger partial charge is 0.480 e. The van der Waals surface area contributed by atoms with Crippen molar-refractivity contribution in [2.45, 2.75) is 31.3 Å². The highest BCUT2D eigenvalue weighted by Crippen LogP contribution is 2.44. The van der Waals surface area contributed by atoms with E-state index >= 15 is 0 Å². The first kappa shape index (κ1) is 22.7. The summed E-state index contributed by atoms with van der Waals surface area (Å²) in [4.78, 5) is 35.9. The van der Waals surface area contributed by atoms with Gasteiger partial charge in [0.25, 0.3) is 0 Å². The average Bonchev–Trinajstić information content (AvgIpc) is 3.08. The topological polar surface area (TPSA) is 105 Å². The third-order valence-corrected chi connectivity index (χ3v) is 5.94. The van der Waals surface area contributed by atoms with Gasteiger partial charge in [-0.3, -0.25) is 4.79 Å². The third-order valence-electron chi connectivity index (χ3n) is 5.30. The second-order valence-electron chi connectivity index (χ2n) is 7.37. The van der Waals surface area contributed by atoms with Gasteiger partial charge in [-0.25, -0.2) is 9.59 Å². The minimum Gasteiger partial charge on any atom is -0.480 e. The molecule has 2 amide bonds. The van der Waals surface area contributed by atoms with Gasteiger partial charge in [-0.2, -0.15) is 11.8 Å². The standard InChI is InChI=1S/C23H26N2O5S/c1-14(21(26)25-20(22(27)28)11-12-31-2)24-23(29)30-13-19-17-9-5-3-7-15(17)16-8-4-6-10-18(16)19/h3-10,14,19-20H,11-13H2,1-2H3,(H,24,29)(H,25,26)(H,27,28)/t14?,20-/m1/s1. The van der Waals surface area contributed by atoms with Crippen LogP contribution in [0.2, 0.25) is 0 Å². The molecule has 1 aliphatic rings. The third kappa shape index (κ3) is 5.38. The first-order chi connectivity index (χ1) is 14.9. The Balaban J connectivity index is 1.57. The lowest BCUT2D eigenvalue weighted by atomic mass is 9.98. The van der Waals surface area contributed by atoms with E-state index in [-0.39, 0.29) is 12.5 Å². The molecule has 0 radical (unpaired) electrons. The lowest BCUT2D eigenvalue weighted by Crippen LogP contribution is -2.50. The zero-order valence-electron chi connectivity index (χ0n) is 17.5. The summed E-state index contributed by atoms with van der Waals surface area (Å²) in [7, 11) is 0. The maximum atomic E-state index is 12.3. The molecule has 0 heterocycles. The smallest absolute Gasteiger partial charge is 0.407 e. The van der Waals surface area contributed by atoms with Gasteiger partial charge in [0.15, 0.2) is 0 Å². The van der Waals surface area contributed by atoms with Crippen LogP contribution in [0.5, 0.6) is 0 Å². The molecule has 0 spiro atoms. The SMILES string of the molecule is CSCC[C@@H](NC(=O)C(C)NC(=O)OCC1c2ccccc2-c2ccccc21)C(=O)O. The van der Waals surface area contributed by atoms with Crippen molar-refractivity contribution in [1.82, 2.24) is 10.6 Å². The molecule has 7 nitrogen and oxygen atoms in total. The Morgan fingerprint density at radius 1 is 1.03 bits per heavy atom. The molecule has 0 bridgehead atoms. The van der Waals surface area contributed by atoms with E-state index < -0.39 is 30.1 Å². The molecule has 0 aromatic heterocycles. The second-order valence-corrected chi connectivity index (χ2v) is 8.36. The Morgan fingerprint density at radius 3 is 2.16 bits per heavy atom. The molecule has 164 valence electrons. The van der Waals surface area contributed by atoms with E-state index in [0.29, 0.717) is 12.2 Å². The maximum Gasteiger partial charge on any atom is 0.407 e. The van der Waals surface area contributed by atoms with Crippen LogP contribution in [0.3, 0.4) is 0 Å². The van der Waals surface area contributed by atoms with Gasteiger partial charge in [-0.1, -0.05) is 48.5 Å². The molecule has 0 saturated heterocycles. The Hall–Kier alpha value is -3.00. The summed E-state index contributed by atoms with van der Waals surface area (Å²) >= 11 is 1.50. The van der Waals surface area contributed by atoms with Gasteiger partial charge in [0.2, 0.25) is 5.91 Å². The molecule has 8 heteroatoms. The zero-order valence-corrected chi connectivity index (χ0v) is 18.3. The van der Waals surface area contributed by atoms with Crippen LogP contribution in [0.1, 0.15) is 30.4 Å². The number of fused-ring (bicyclic) bond motifs is 3. The van der Waals surface area contributed by atoms with Crippen molar-refractivity contribution >= 4 is 29.7 Å². The number of carbonyl (C=O) groups excluding carboxylic acids is 2.